The molecule has 462 valence electrons. The van der Waals surface area contributed by atoms with Crippen molar-refractivity contribution in [2.24, 2.45) is 10.9 Å². The van der Waals surface area contributed by atoms with E-state index in [1.54, 1.807) is 23.5 Å². The van der Waals surface area contributed by atoms with Gasteiger partial charge in [0.1, 0.15) is 12.0 Å². The van der Waals surface area contributed by atoms with Crippen molar-refractivity contribution < 1.29 is 0 Å². The number of fused-ring (bicyclic) bond motifs is 7. The molecule has 0 fully saturated rings. The molecule has 88 heavy (non-hydrogen) atoms. The molecule has 0 bridgehead atoms. The van der Waals surface area contributed by atoms with Crippen LogP contribution in [-0.4, -0.2) is 70.3 Å². The van der Waals surface area contributed by atoms with Crippen LogP contribution in [0.25, 0.3) is 54.1 Å². The van der Waals surface area contributed by atoms with Crippen molar-refractivity contribution in [3.8, 4) is 0 Å². The Bertz CT molecular complexity index is 3770. The summed E-state index contributed by atoms with van der Waals surface area (Å²) in [6.07, 6.45) is 30.3. The first kappa shape index (κ1) is 65.3. The van der Waals surface area contributed by atoms with Crippen molar-refractivity contribution >= 4 is 59.8 Å². The van der Waals surface area contributed by atoms with Gasteiger partial charge in [-0.05, 0) is 122 Å². The first-order chi connectivity index (χ1) is 42.2. The maximum atomic E-state index is 11.7. The highest BCUT2D eigenvalue weighted by molar-refractivity contribution is 6.03. The third-order valence-electron chi connectivity index (χ3n) is 16.0. The van der Waals surface area contributed by atoms with Gasteiger partial charge in [0.25, 0.3) is 5.56 Å². The molecule has 0 saturated heterocycles. The summed E-state index contributed by atoms with van der Waals surface area (Å²) in [4.78, 5) is 56.6. The van der Waals surface area contributed by atoms with Gasteiger partial charge in [0.05, 0.1) is 29.3 Å². The minimum atomic E-state index is -0.0334. The van der Waals surface area contributed by atoms with E-state index in [9.17, 15) is 4.79 Å². The Morgan fingerprint density at radius 3 is 1.59 bits per heavy atom. The molecule has 1 aliphatic carbocycles. The Morgan fingerprint density at radius 2 is 0.943 bits per heavy atom. The molecule has 2 aliphatic rings. The van der Waals surface area contributed by atoms with E-state index in [-0.39, 0.29) is 11.6 Å². The van der Waals surface area contributed by atoms with Gasteiger partial charge in [0.15, 0.2) is 0 Å². The summed E-state index contributed by atoms with van der Waals surface area (Å²) in [5, 5.41) is 14.3. The van der Waals surface area contributed by atoms with E-state index in [1.165, 1.54) is 102 Å². The minimum Gasteiger partial charge on any atom is -0.364 e. The zero-order valence-corrected chi connectivity index (χ0v) is 54.8. The quantitative estimate of drug-likeness (QED) is 0.0867. The van der Waals surface area contributed by atoms with Crippen LogP contribution in [0, 0.1) is 5.92 Å². The van der Waals surface area contributed by atoms with E-state index in [0.717, 1.165) is 33.4 Å². The Morgan fingerprint density at radius 1 is 0.432 bits per heavy atom. The summed E-state index contributed by atoms with van der Waals surface area (Å²) in [5.41, 5.74) is 16.0. The number of aliphatic imine (C=N–C) groups is 1. The third kappa shape index (κ3) is 15.9. The fourth-order valence-electron chi connectivity index (χ4n) is 11.4. The standard InChI is InChI=1S/C12H17N3O.C11H17N.C11H13N.3C10H12N2.C9H11N3/c1-7(2)11-12-9(6-13-11)5-10(16)15(14-12)8(3)4;2*1-8(2)11-10-6-4-3-5-9(10)7-12-11;1-7(2)10-9-3-4-11-5-8(9)6-12-10;1-7(2)10-9-6-11-4-3-8(9)5-12-10;1-7(2)9-10-8(6-12-9)4-3-5-11-10;1-6(2)8-9-7(4-11-8)3-10-5-12-9/h5,7-8H,6H2,1-4H3;7-8,12H,3-6H2,1-2H3;3-8,12H,1-2H3;3*3-7,12H,1-2H3;3-6,11H,1-2H3. The first-order valence-electron chi connectivity index (χ1n) is 31.7. The van der Waals surface area contributed by atoms with Crippen LogP contribution in [0.4, 0.5) is 0 Å². The topological polar surface area (TPSA) is 206 Å². The van der Waals surface area contributed by atoms with Crippen molar-refractivity contribution in [3.05, 3.63) is 202 Å². The second-order valence-corrected chi connectivity index (χ2v) is 25.4. The molecule has 14 rings (SSSR count). The highest BCUT2D eigenvalue weighted by Gasteiger charge is 2.23. The van der Waals surface area contributed by atoms with Crippen LogP contribution >= 0.6 is 0 Å². The van der Waals surface area contributed by atoms with E-state index in [0.29, 0.717) is 48.0 Å². The molecule has 0 spiro atoms. The number of aromatic amines is 6. The second-order valence-electron chi connectivity index (χ2n) is 25.4. The van der Waals surface area contributed by atoms with E-state index >= 15 is 0 Å². The number of rotatable bonds is 8. The van der Waals surface area contributed by atoms with Gasteiger partial charge in [-0.15, -0.1) is 0 Å². The maximum absolute atomic E-state index is 11.7. The highest BCUT2D eigenvalue weighted by Crippen LogP contribution is 2.30. The molecule has 0 saturated carbocycles. The summed E-state index contributed by atoms with van der Waals surface area (Å²) in [7, 11) is 0. The summed E-state index contributed by atoms with van der Waals surface area (Å²) >= 11 is 0. The fourth-order valence-corrected chi connectivity index (χ4v) is 11.4. The molecule has 11 aromatic heterocycles. The third-order valence-corrected chi connectivity index (χ3v) is 16.0. The number of aromatic nitrogens is 13. The number of hydrogen-bond acceptors (Lipinski definition) is 8. The van der Waals surface area contributed by atoms with Crippen LogP contribution < -0.4 is 5.56 Å². The Hall–Kier alpha value is -8.72. The van der Waals surface area contributed by atoms with Crippen LogP contribution in [0.15, 0.2) is 145 Å². The van der Waals surface area contributed by atoms with Gasteiger partial charge in [-0.2, -0.15) is 5.10 Å². The molecule has 15 nitrogen and oxygen atoms in total. The van der Waals surface area contributed by atoms with Crippen LogP contribution in [0.5, 0.6) is 0 Å². The Kier molecular flexibility index (Phi) is 22.4. The van der Waals surface area contributed by atoms with Gasteiger partial charge in [0.2, 0.25) is 0 Å². The number of H-pyrrole nitrogens is 6. The lowest BCUT2D eigenvalue weighted by atomic mass is 9.91. The second kappa shape index (κ2) is 30.3. The lowest BCUT2D eigenvalue weighted by Gasteiger charge is -2.14. The highest BCUT2D eigenvalue weighted by atomic mass is 16.1. The van der Waals surface area contributed by atoms with Crippen molar-refractivity contribution in [3.63, 3.8) is 0 Å². The zero-order chi connectivity index (χ0) is 63.2. The van der Waals surface area contributed by atoms with Gasteiger partial charge in [-0.1, -0.05) is 121 Å². The Balaban J connectivity index is 0.000000133. The van der Waals surface area contributed by atoms with Crippen LogP contribution in [0.3, 0.4) is 0 Å². The van der Waals surface area contributed by atoms with Gasteiger partial charge >= 0.3 is 0 Å². The number of aryl methyl sites for hydroxylation is 1. The Labute approximate surface area is 519 Å². The van der Waals surface area contributed by atoms with Crippen LogP contribution in [0.2, 0.25) is 0 Å². The fraction of sp³-hybridized carbons (Fsp3) is 0.397. The largest absolute Gasteiger partial charge is 0.364 e. The predicted molar refractivity (Wildman–Crippen MR) is 366 cm³/mol. The lowest BCUT2D eigenvalue weighted by molar-refractivity contribution is 0.499. The van der Waals surface area contributed by atoms with Crippen LogP contribution in [-0.2, 0) is 19.4 Å². The molecule has 12 heterocycles. The molecule has 0 unspecified atom stereocenters. The smallest absolute Gasteiger partial charge is 0.267 e. The molecular weight excluding hydrogens is 1090 g/mol. The SMILES string of the molecule is CC(C)C1=NCc2cc(=O)n(C(C)C)nc21.CC(C)c1[nH]cc2c1CCCC2.CC(C)c1[nH]cc2ccccc12.CC(C)c1[nH]cc2cccnc12.CC(C)c1[nH]cc2ccncc12.CC(C)c1[nH]cc2cnccc12.CC(C)c1[nH]cc2cncnc12. The normalized spacial score (nSPS) is 12.6. The summed E-state index contributed by atoms with van der Waals surface area (Å²) < 4.78 is 1.53. The average Bonchev–Trinajstić information content (AvgIpc) is 2.80. The van der Waals surface area contributed by atoms with Gasteiger partial charge in [0, 0.05) is 158 Å². The maximum Gasteiger partial charge on any atom is 0.267 e. The summed E-state index contributed by atoms with van der Waals surface area (Å²) in [6, 6.07) is 18.3. The number of benzene rings is 1. The average molecular weight is 1180 g/mol. The van der Waals surface area contributed by atoms with E-state index in [1.807, 2.05) is 87.9 Å². The number of pyridine rings is 3. The number of hydrogen-bond donors (Lipinski definition) is 6. The molecule has 15 heteroatoms. The molecule has 0 amide bonds. The predicted octanol–water partition coefficient (Wildman–Crippen LogP) is 18.2. The number of nitrogens with zero attached hydrogens (tertiary/aromatic N) is 8. The van der Waals surface area contributed by atoms with Gasteiger partial charge in [-0.3, -0.25) is 24.7 Å². The first-order valence-corrected chi connectivity index (χ1v) is 31.7. The molecule has 1 aliphatic heterocycles. The van der Waals surface area contributed by atoms with E-state index in [2.05, 4.69) is 211 Å². The van der Waals surface area contributed by atoms with Crippen molar-refractivity contribution in [2.75, 3.05) is 0 Å². The van der Waals surface area contributed by atoms with E-state index in [4.69, 9.17) is 0 Å². The van der Waals surface area contributed by atoms with Gasteiger partial charge < -0.3 is 29.9 Å². The van der Waals surface area contributed by atoms with Crippen LogP contribution in [0.1, 0.15) is 222 Å². The molecule has 0 radical (unpaired) electrons. The minimum absolute atomic E-state index is 0.0334. The van der Waals surface area contributed by atoms with E-state index < -0.39 is 0 Å². The number of nitrogens with one attached hydrogen (secondary N) is 6. The van der Waals surface area contributed by atoms with Gasteiger partial charge in [-0.25, -0.2) is 14.6 Å². The monoisotopic (exact) mass is 1180 g/mol. The van der Waals surface area contributed by atoms with Crippen molar-refractivity contribution in [2.45, 2.75) is 185 Å². The molecule has 1 aromatic carbocycles. The molecular formula is C73H94N14O. The molecule has 12 aromatic rings. The van der Waals surface area contributed by atoms with Crippen molar-refractivity contribution in [1.29, 1.82) is 0 Å². The zero-order valence-electron chi connectivity index (χ0n) is 54.8. The summed E-state index contributed by atoms with van der Waals surface area (Å²) in [5.74, 6) is 3.66. The molecule has 6 N–H and O–H groups in total. The molecule has 0 atom stereocenters. The van der Waals surface area contributed by atoms with Crippen molar-refractivity contribution in [1.82, 2.24) is 64.6 Å². The lowest BCUT2D eigenvalue weighted by Crippen LogP contribution is -2.27. The summed E-state index contributed by atoms with van der Waals surface area (Å²) in [6.45, 7) is 35.0.